The van der Waals surface area contributed by atoms with E-state index in [9.17, 15) is 4.79 Å². The average Bonchev–Trinajstić information content (AvgIpc) is 2.09. The Labute approximate surface area is 86.0 Å². The number of ether oxygens (including phenoxy) is 1. The van der Waals surface area contributed by atoms with E-state index in [4.69, 9.17) is 4.74 Å². The average molecular weight is 243 g/mol. The summed E-state index contributed by atoms with van der Waals surface area (Å²) >= 11 is 3.37. The Morgan fingerprint density at radius 2 is 2.08 bits per heavy atom. The zero-order chi connectivity index (χ0) is 10.0. The molecule has 0 fully saturated rings. The van der Waals surface area contributed by atoms with E-state index in [1.54, 1.807) is 19.2 Å². The molecule has 0 aliphatic carbocycles. The van der Waals surface area contributed by atoms with Crippen LogP contribution in [-0.4, -0.2) is 12.9 Å². The Morgan fingerprint density at radius 1 is 1.46 bits per heavy atom. The molecule has 1 aromatic rings. The number of carbonyl (C=O) groups is 1. The van der Waals surface area contributed by atoms with E-state index in [0.717, 1.165) is 15.8 Å². The summed E-state index contributed by atoms with van der Waals surface area (Å²) in [6, 6.07) is 3.56. The van der Waals surface area contributed by atoms with Gasteiger partial charge in [0.05, 0.1) is 7.11 Å². The van der Waals surface area contributed by atoms with Crippen LogP contribution in [0.5, 0.6) is 5.75 Å². The fourth-order valence-electron chi connectivity index (χ4n) is 1.07. The van der Waals surface area contributed by atoms with Crippen LogP contribution in [0.25, 0.3) is 0 Å². The van der Waals surface area contributed by atoms with Crippen LogP contribution in [0.2, 0.25) is 0 Å². The lowest BCUT2D eigenvalue weighted by atomic mass is 10.1. The summed E-state index contributed by atoms with van der Waals surface area (Å²) in [5.41, 5.74) is 1.67. The van der Waals surface area contributed by atoms with Gasteiger partial charge in [-0.25, -0.2) is 0 Å². The number of hydrogen-bond donors (Lipinski definition) is 0. The quantitative estimate of drug-likeness (QED) is 0.746. The Morgan fingerprint density at radius 3 is 2.54 bits per heavy atom. The molecule has 2 nitrogen and oxygen atoms in total. The van der Waals surface area contributed by atoms with E-state index in [-0.39, 0.29) is 5.78 Å². The molecule has 0 heterocycles. The maximum absolute atomic E-state index is 11.1. The first kappa shape index (κ1) is 10.3. The Bertz CT molecular complexity index is 345. The van der Waals surface area contributed by atoms with Gasteiger partial charge in [0.15, 0.2) is 5.78 Å². The highest BCUT2D eigenvalue weighted by molar-refractivity contribution is 9.10. The molecular formula is C10H11BrO2. The maximum atomic E-state index is 11.1. The first-order chi connectivity index (χ1) is 6.06. The van der Waals surface area contributed by atoms with Gasteiger partial charge >= 0.3 is 0 Å². The number of rotatable bonds is 2. The van der Waals surface area contributed by atoms with Gasteiger partial charge in [-0.15, -0.1) is 0 Å². The van der Waals surface area contributed by atoms with Crippen LogP contribution in [-0.2, 0) is 0 Å². The normalized spacial score (nSPS) is 9.85. The topological polar surface area (TPSA) is 26.3 Å². The van der Waals surface area contributed by atoms with Crippen LogP contribution in [0.4, 0.5) is 0 Å². The van der Waals surface area contributed by atoms with Crippen LogP contribution < -0.4 is 4.74 Å². The second kappa shape index (κ2) is 3.92. The second-order valence-corrected chi connectivity index (χ2v) is 3.70. The molecule has 0 spiro atoms. The van der Waals surface area contributed by atoms with Gasteiger partial charge in [-0.1, -0.05) is 15.9 Å². The minimum absolute atomic E-state index is 0.0407. The van der Waals surface area contributed by atoms with Crippen molar-refractivity contribution in [3.05, 3.63) is 27.7 Å². The first-order valence-electron chi connectivity index (χ1n) is 3.91. The second-order valence-electron chi connectivity index (χ2n) is 2.84. The molecule has 3 heteroatoms. The Hall–Kier alpha value is -0.830. The van der Waals surface area contributed by atoms with Crippen LogP contribution in [0.3, 0.4) is 0 Å². The largest absolute Gasteiger partial charge is 0.496 e. The molecule has 0 aliphatic heterocycles. The highest BCUT2D eigenvalue weighted by Crippen LogP contribution is 2.27. The van der Waals surface area contributed by atoms with Crippen LogP contribution in [0, 0.1) is 6.92 Å². The van der Waals surface area contributed by atoms with Gasteiger partial charge < -0.3 is 4.74 Å². The number of halogens is 1. The minimum atomic E-state index is 0.0407. The summed E-state index contributed by atoms with van der Waals surface area (Å²) in [5, 5.41) is 0. The van der Waals surface area contributed by atoms with Gasteiger partial charge in [-0.3, -0.25) is 4.79 Å². The summed E-state index contributed by atoms with van der Waals surface area (Å²) in [5.74, 6) is 0.776. The molecular weight excluding hydrogens is 232 g/mol. The highest BCUT2D eigenvalue weighted by Gasteiger charge is 2.07. The molecule has 70 valence electrons. The molecule has 1 aromatic carbocycles. The molecule has 0 unspecified atom stereocenters. The SMILES string of the molecule is COc1cc(C(C)=O)cc(Br)c1C. The summed E-state index contributed by atoms with van der Waals surface area (Å²) in [6.07, 6.45) is 0. The standard InChI is InChI=1S/C10H11BrO2/c1-6-9(11)4-8(7(2)12)5-10(6)13-3/h4-5H,1-3H3. The molecule has 1 rings (SSSR count). The lowest BCUT2D eigenvalue weighted by molar-refractivity contribution is 0.101. The molecule has 0 radical (unpaired) electrons. The lowest BCUT2D eigenvalue weighted by Crippen LogP contribution is -1.96. The minimum Gasteiger partial charge on any atom is -0.496 e. The Balaban J connectivity index is 3.30. The molecule has 0 aromatic heterocycles. The third-order valence-corrected chi connectivity index (χ3v) is 2.75. The van der Waals surface area contributed by atoms with Crippen LogP contribution in [0.1, 0.15) is 22.8 Å². The number of ketones is 1. The third kappa shape index (κ3) is 2.10. The zero-order valence-corrected chi connectivity index (χ0v) is 9.44. The van der Waals surface area contributed by atoms with E-state index in [0.29, 0.717) is 5.56 Å². The fraction of sp³-hybridized carbons (Fsp3) is 0.300. The van der Waals surface area contributed by atoms with E-state index in [2.05, 4.69) is 15.9 Å². The summed E-state index contributed by atoms with van der Waals surface area (Å²) in [7, 11) is 1.60. The maximum Gasteiger partial charge on any atom is 0.159 e. The predicted molar refractivity (Wildman–Crippen MR) is 55.4 cm³/mol. The summed E-state index contributed by atoms with van der Waals surface area (Å²) < 4.78 is 6.03. The van der Waals surface area contributed by atoms with Gasteiger partial charge in [0, 0.05) is 15.6 Å². The Kier molecular flexibility index (Phi) is 3.09. The summed E-state index contributed by atoms with van der Waals surface area (Å²) in [6.45, 7) is 3.48. The van der Waals surface area contributed by atoms with Crippen molar-refractivity contribution in [1.82, 2.24) is 0 Å². The molecule has 0 aliphatic rings. The number of carbonyl (C=O) groups excluding carboxylic acids is 1. The van der Waals surface area contributed by atoms with Crippen molar-refractivity contribution >= 4 is 21.7 Å². The number of Topliss-reactive ketones (excluding diaryl/α,β-unsaturated/α-hetero) is 1. The van der Waals surface area contributed by atoms with E-state index in [1.165, 1.54) is 6.92 Å². The lowest BCUT2D eigenvalue weighted by Gasteiger charge is -2.08. The zero-order valence-electron chi connectivity index (χ0n) is 7.85. The van der Waals surface area contributed by atoms with Gasteiger partial charge in [0.2, 0.25) is 0 Å². The van der Waals surface area contributed by atoms with Crippen molar-refractivity contribution in [2.45, 2.75) is 13.8 Å². The smallest absolute Gasteiger partial charge is 0.159 e. The van der Waals surface area contributed by atoms with Gasteiger partial charge in [0.1, 0.15) is 5.75 Å². The summed E-state index contributed by atoms with van der Waals surface area (Å²) in [4.78, 5) is 11.1. The number of methoxy groups -OCH3 is 1. The van der Waals surface area contributed by atoms with Crippen molar-refractivity contribution < 1.29 is 9.53 Å². The molecule has 0 saturated carbocycles. The molecule has 0 amide bonds. The molecule has 0 saturated heterocycles. The van der Waals surface area contributed by atoms with Crippen molar-refractivity contribution in [2.24, 2.45) is 0 Å². The van der Waals surface area contributed by atoms with Crippen LogP contribution in [0.15, 0.2) is 16.6 Å². The van der Waals surface area contributed by atoms with Gasteiger partial charge in [-0.05, 0) is 26.0 Å². The highest BCUT2D eigenvalue weighted by atomic mass is 79.9. The number of benzene rings is 1. The molecule has 13 heavy (non-hydrogen) atoms. The van der Waals surface area contributed by atoms with Gasteiger partial charge in [0.25, 0.3) is 0 Å². The molecule has 0 bridgehead atoms. The first-order valence-corrected chi connectivity index (χ1v) is 4.70. The van der Waals surface area contributed by atoms with Crippen molar-refractivity contribution in [1.29, 1.82) is 0 Å². The number of hydrogen-bond acceptors (Lipinski definition) is 2. The van der Waals surface area contributed by atoms with E-state index < -0.39 is 0 Å². The van der Waals surface area contributed by atoms with Crippen molar-refractivity contribution in [3.8, 4) is 5.75 Å². The van der Waals surface area contributed by atoms with E-state index in [1.807, 2.05) is 6.92 Å². The van der Waals surface area contributed by atoms with E-state index >= 15 is 0 Å². The van der Waals surface area contributed by atoms with Crippen molar-refractivity contribution in [2.75, 3.05) is 7.11 Å². The monoisotopic (exact) mass is 242 g/mol. The van der Waals surface area contributed by atoms with Gasteiger partial charge in [-0.2, -0.15) is 0 Å². The molecule has 0 N–H and O–H groups in total. The third-order valence-electron chi connectivity index (χ3n) is 1.92. The molecule has 0 atom stereocenters. The van der Waals surface area contributed by atoms with Crippen molar-refractivity contribution in [3.63, 3.8) is 0 Å². The van der Waals surface area contributed by atoms with Crippen LogP contribution >= 0.6 is 15.9 Å². The fourth-order valence-corrected chi connectivity index (χ4v) is 1.51. The predicted octanol–water partition coefficient (Wildman–Crippen LogP) is 2.97.